The number of nitrogens with one attached hydrogen (secondary N) is 1. The van der Waals surface area contributed by atoms with Crippen molar-refractivity contribution in [3.63, 3.8) is 0 Å². The Bertz CT molecular complexity index is 1300. The molecule has 3 heterocycles. The van der Waals surface area contributed by atoms with Crippen LogP contribution in [0, 0.1) is 24.0 Å². The number of nitrogens with zero attached hydrogens (tertiary/aromatic N) is 3. The number of aromatic nitrogens is 1. The highest BCUT2D eigenvalue weighted by Crippen LogP contribution is 2.59. The maximum atomic E-state index is 14.0. The molecule has 3 aromatic rings. The Morgan fingerprint density at radius 1 is 0.882 bits per heavy atom. The van der Waals surface area contributed by atoms with Gasteiger partial charge in [-0.15, -0.1) is 0 Å². The third-order valence-corrected chi connectivity index (χ3v) is 6.68. The standard InChI is InChI=1S/C24H20F2N4O4/c1-12-17-18(13-4-8-15(25)9-5-13)24(21(31)29(2)23(33)30(3)22(24)32)19(27-20(17)34-28-12)14-6-10-16(26)11-7-14/h4-11,18-19,27H,1-3H3/t18-,19-/m1/s1. The Morgan fingerprint density at radius 2 is 1.38 bits per heavy atom. The van der Waals surface area contributed by atoms with Gasteiger partial charge < -0.3 is 9.84 Å². The fourth-order valence-corrected chi connectivity index (χ4v) is 5.09. The molecule has 2 aromatic carbocycles. The summed E-state index contributed by atoms with van der Waals surface area (Å²) in [5.41, 5.74) is -0.165. The molecule has 10 heteroatoms. The Kier molecular flexibility index (Phi) is 4.78. The highest BCUT2D eigenvalue weighted by molar-refractivity contribution is 6.20. The second-order valence-corrected chi connectivity index (χ2v) is 8.50. The third-order valence-electron chi connectivity index (χ3n) is 6.68. The fraction of sp³-hybridized carbons (Fsp3) is 0.250. The van der Waals surface area contributed by atoms with Gasteiger partial charge in [0.2, 0.25) is 17.7 Å². The molecule has 1 spiro atoms. The number of halogens is 2. The van der Waals surface area contributed by atoms with Crippen LogP contribution in [0.2, 0.25) is 0 Å². The molecule has 34 heavy (non-hydrogen) atoms. The van der Waals surface area contributed by atoms with E-state index in [1.54, 1.807) is 6.92 Å². The number of carbonyl (C=O) groups is 3. The monoisotopic (exact) mass is 466 g/mol. The van der Waals surface area contributed by atoms with E-state index < -0.39 is 46.9 Å². The minimum atomic E-state index is -1.92. The van der Waals surface area contributed by atoms with E-state index in [0.717, 1.165) is 9.80 Å². The molecule has 1 fully saturated rings. The van der Waals surface area contributed by atoms with E-state index >= 15 is 0 Å². The molecule has 0 aliphatic carbocycles. The van der Waals surface area contributed by atoms with Crippen LogP contribution in [0.3, 0.4) is 0 Å². The normalized spacial score (nSPS) is 21.6. The first-order valence-corrected chi connectivity index (χ1v) is 10.5. The first-order chi connectivity index (χ1) is 16.2. The number of anilines is 1. The minimum Gasteiger partial charge on any atom is -0.345 e. The average molecular weight is 466 g/mol. The van der Waals surface area contributed by atoms with Crippen molar-refractivity contribution in [2.75, 3.05) is 19.4 Å². The van der Waals surface area contributed by atoms with Crippen LogP contribution < -0.4 is 5.32 Å². The lowest BCUT2D eigenvalue weighted by atomic mass is 9.59. The Balaban J connectivity index is 1.87. The lowest BCUT2D eigenvalue weighted by Gasteiger charge is -2.51. The second kappa shape index (κ2) is 7.47. The van der Waals surface area contributed by atoms with Crippen molar-refractivity contribution in [2.24, 2.45) is 5.41 Å². The Labute approximate surface area is 193 Å². The molecule has 2 atom stereocenters. The molecule has 2 aliphatic rings. The topological polar surface area (TPSA) is 95.8 Å². The van der Waals surface area contributed by atoms with Gasteiger partial charge in [-0.3, -0.25) is 19.4 Å². The van der Waals surface area contributed by atoms with Crippen molar-refractivity contribution in [1.29, 1.82) is 0 Å². The van der Waals surface area contributed by atoms with Crippen LogP contribution in [0.15, 0.2) is 53.1 Å². The van der Waals surface area contributed by atoms with Crippen molar-refractivity contribution in [3.8, 4) is 0 Å². The number of amides is 4. The zero-order valence-corrected chi connectivity index (χ0v) is 18.5. The smallest absolute Gasteiger partial charge is 0.332 e. The van der Waals surface area contributed by atoms with Gasteiger partial charge in [0.15, 0.2) is 5.41 Å². The number of barbiturate groups is 1. The summed E-state index contributed by atoms with van der Waals surface area (Å²) in [6, 6.07) is 8.97. The molecule has 2 aliphatic heterocycles. The number of urea groups is 1. The van der Waals surface area contributed by atoms with E-state index in [1.165, 1.54) is 62.6 Å². The second-order valence-electron chi connectivity index (χ2n) is 8.50. The Morgan fingerprint density at radius 3 is 1.91 bits per heavy atom. The molecule has 8 nitrogen and oxygen atoms in total. The number of imide groups is 2. The zero-order valence-electron chi connectivity index (χ0n) is 18.5. The molecule has 0 radical (unpaired) electrons. The molecule has 174 valence electrons. The number of carbonyl (C=O) groups excluding carboxylic acids is 3. The fourth-order valence-electron chi connectivity index (χ4n) is 5.09. The third kappa shape index (κ3) is 2.81. The summed E-state index contributed by atoms with van der Waals surface area (Å²) in [5.74, 6) is -3.23. The van der Waals surface area contributed by atoms with Gasteiger partial charge in [-0.2, -0.15) is 0 Å². The maximum absolute atomic E-state index is 14.0. The van der Waals surface area contributed by atoms with E-state index in [4.69, 9.17) is 4.52 Å². The number of rotatable bonds is 2. The van der Waals surface area contributed by atoms with Crippen molar-refractivity contribution in [2.45, 2.75) is 18.9 Å². The van der Waals surface area contributed by atoms with Gasteiger partial charge in [0.25, 0.3) is 0 Å². The largest absolute Gasteiger partial charge is 0.345 e. The number of benzene rings is 2. The van der Waals surface area contributed by atoms with Crippen LogP contribution in [0.5, 0.6) is 0 Å². The summed E-state index contributed by atoms with van der Waals surface area (Å²) >= 11 is 0. The first-order valence-electron chi connectivity index (χ1n) is 10.5. The molecule has 5 rings (SSSR count). The summed E-state index contributed by atoms with van der Waals surface area (Å²) in [5, 5.41) is 7.14. The number of hydrogen-bond donors (Lipinski definition) is 1. The van der Waals surface area contributed by atoms with Crippen LogP contribution >= 0.6 is 0 Å². The zero-order chi connectivity index (χ0) is 24.4. The van der Waals surface area contributed by atoms with Gasteiger partial charge >= 0.3 is 6.03 Å². The molecule has 4 amide bonds. The predicted molar refractivity (Wildman–Crippen MR) is 116 cm³/mol. The van der Waals surface area contributed by atoms with Gasteiger partial charge in [-0.05, 0) is 42.3 Å². The molecule has 1 aromatic heterocycles. The minimum absolute atomic E-state index is 0.231. The van der Waals surface area contributed by atoms with Gasteiger partial charge in [0.1, 0.15) is 11.6 Å². The number of fused-ring (bicyclic) bond motifs is 1. The van der Waals surface area contributed by atoms with E-state index in [1.807, 2.05) is 0 Å². The van der Waals surface area contributed by atoms with E-state index in [2.05, 4.69) is 10.5 Å². The molecule has 0 unspecified atom stereocenters. The number of hydrogen-bond acceptors (Lipinski definition) is 6. The van der Waals surface area contributed by atoms with Gasteiger partial charge in [-0.25, -0.2) is 13.6 Å². The van der Waals surface area contributed by atoms with Crippen LogP contribution in [-0.4, -0.2) is 46.9 Å². The molecular weight excluding hydrogens is 446 g/mol. The van der Waals surface area contributed by atoms with Crippen LogP contribution in [0.25, 0.3) is 0 Å². The quantitative estimate of drug-likeness (QED) is 0.580. The number of aryl methyl sites for hydroxylation is 1. The van der Waals surface area contributed by atoms with Crippen molar-refractivity contribution in [3.05, 3.63) is 82.5 Å². The lowest BCUT2D eigenvalue weighted by molar-refractivity contribution is -0.160. The van der Waals surface area contributed by atoms with Crippen LogP contribution in [0.1, 0.15) is 34.3 Å². The molecule has 1 N–H and O–H groups in total. The predicted octanol–water partition coefficient (Wildman–Crippen LogP) is 3.60. The summed E-state index contributed by atoms with van der Waals surface area (Å²) in [4.78, 5) is 42.5. The first kappa shape index (κ1) is 21.7. The van der Waals surface area contributed by atoms with Gasteiger partial charge in [-0.1, -0.05) is 29.4 Å². The average Bonchev–Trinajstić information content (AvgIpc) is 3.21. The molecule has 0 bridgehead atoms. The van der Waals surface area contributed by atoms with Crippen molar-refractivity contribution < 1.29 is 27.7 Å². The van der Waals surface area contributed by atoms with E-state index in [-0.39, 0.29) is 5.88 Å². The highest BCUT2D eigenvalue weighted by Gasteiger charge is 2.67. The highest BCUT2D eigenvalue weighted by atomic mass is 19.1. The molecular formula is C24H20F2N4O4. The van der Waals surface area contributed by atoms with Gasteiger partial charge in [0.05, 0.1) is 11.7 Å². The van der Waals surface area contributed by atoms with E-state index in [9.17, 15) is 23.2 Å². The van der Waals surface area contributed by atoms with Gasteiger partial charge in [0, 0.05) is 25.6 Å². The molecule has 0 saturated carbocycles. The SMILES string of the molecule is Cc1noc2c1[C@@H](c1ccc(F)cc1)C1(C(=O)N(C)C(=O)N(C)C1=O)[C@@H](c1ccc(F)cc1)N2. The lowest BCUT2D eigenvalue weighted by Crippen LogP contribution is -2.68. The van der Waals surface area contributed by atoms with Crippen LogP contribution in [0.4, 0.5) is 19.5 Å². The van der Waals surface area contributed by atoms with E-state index in [0.29, 0.717) is 22.4 Å². The summed E-state index contributed by atoms with van der Waals surface area (Å²) in [7, 11) is 2.60. The molecule has 1 saturated heterocycles. The Hall–Kier alpha value is -4.08. The maximum Gasteiger partial charge on any atom is 0.332 e. The summed E-state index contributed by atoms with van der Waals surface area (Å²) < 4.78 is 33.1. The summed E-state index contributed by atoms with van der Waals surface area (Å²) in [6.07, 6.45) is 0. The summed E-state index contributed by atoms with van der Waals surface area (Å²) in [6.45, 7) is 1.67. The van der Waals surface area contributed by atoms with Crippen molar-refractivity contribution in [1.82, 2.24) is 15.0 Å². The van der Waals surface area contributed by atoms with Crippen LogP contribution in [-0.2, 0) is 9.59 Å². The van der Waals surface area contributed by atoms with Crippen molar-refractivity contribution >= 4 is 23.7 Å².